The topological polar surface area (TPSA) is 99.1 Å². The standard InChI is InChI=1S/C46H89NO7/c1-6-8-10-12-14-16-17-18-19-20-21-22-23-24-25-26-27-29-30-32-34-36-44(48)53-41-42(40-52-39-38-43(46(50)51)47(3,4)5)54-45(49)37-35-33-31-28-15-13-11-9-7-2/h42-43H,6-41H2,1-5H3/p+1. The van der Waals surface area contributed by atoms with Crippen molar-refractivity contribution >= 4 is 17.9 Å². The Labute approximate surface area is 334 Å². The van der Waals surface area contributed by atoms with Gasteiger partial charge in [-0.15, -0.1) is 0 Å². The van der Waals surface area contributed by atoms with Crippen LogP contribution in [0.1, 0.15) is 226 Å². The van der Waals surface area contributed by atoms with E-state index in [2.05, 4.69) is 13.8 Å². The number of likely N-dealkylation sites (N-methyl/N-ethyl adjacent to an activating group) is 1. The van der Waals surface area contributed by atoms with Gasteiger partial charge in [-0.1, -0.05) is 194 Å². The zero-order valence-electron chi connectivity index (χ0n) is 36.5. The molecule has 0 aliphatic carbocycles. The van der Waals surface area contributed by atoms with Gasteiger partial charge in [0.2, 0.25) is 0 Å². The zero-order valence-corrected chi connectivity index (χ0v) is 36.5. The molecular weight excluding hydrogens is 679 g/mol. The quantitative estimate of drug-likeness (QED) is 0.0375. The van der Waals surface area contributed by atoms with E-state index in [-0.39, 0.29) is 36.2 Å². The van der Waals surface area contributed by atoms with Gasteiger partial charge < -0.3 is 23.8 Å². The molecule has 54 heavy (non-hydrogen) atoms. The highest BCUT2D eigenvalue weighted by Crippen LogP contribution is 2.16. The first-order valence-corrected chi connectivity index (χ1v) is 23.1. The monoisotopic (exact) mass is 769 g/mol. The number of rotatable bonds is 42. The molecule has 0 spiro atoms. The SMILES string of the molecule is CCCCCCCCCCCCCCCCCCCCCCCC(=O)OCC(COCCC(C(=O)O)[N+](C)(C)C)OC(=O)CCCCCCCCCCC. The van der Waals surface area contributed by atoms with E-state index in [9.17, 15) is 19.5 Å². The molecule has 8 nitrogen and oxygen atoms in total. The minimum absolute atomic E-state index is 0.0424. The third-order valence-corrected chi connectivity index (χ3v) is 10.8. The maximum atomic E-state index is 12.6. The Hall–Kier alpha value is -1.67. The van der Waals surface area contributed by atoms with Gasteiger partial charge in [0.15, 0.2) is 12.1 Å². The Balaban J connectivity index is 4.12. The summed E-state index contributed by atoms with van der Waals surface area (Å²) in [4.78, 5) is 36.9. The fraction of sp³-hybridized carbons (Fsp3) is 0.935. The Morgan fingerprint density at radius 3 is 1.15 bits per heavy atom. The van der Waals surface area contributed by atoms with Crippen molar-refractivity contribution < 1.29 is 38.2 Å². The van der Waals surface area contributed by atoms with Gasteiger partial charge in [-0.2, -0.15) is 0 Å². The Morgan fingerprint density at radius 2 is 0.815 bits per heavy atom. The number of quaternary nitrogens is 1. The summed E-state index contributed by atoms with van der Waals surface area (Å²) in [6.07, 6.45) is 38.7. The number of carbonyl (C=O) groups excluding carboxylic acids is 2. The van der Waals surface area contributed by atoms with Crippen LogP contribution in [0.15, 0.2) is 0 Å². The highest BCUT2D eigenvalue weighted by atomic mass is 16.6. The number of carbonyl (C=O) groups is 3. The van der Waals surface area contributed by atoms with E-state index in [0.717, 1.165) is 38.5 Å². The summed E-state index contributed by atoms with van der Waals surface area (Å²) in [6, 6.07) is -0.607. The summed E-state index contributed by atoms with van der Waals surface area (Å²) in [5.41, 5.74) is 0. The van der Waals surface area contributed by atoms with Crippen molar-refractivity contribution in [2.24, 2.45) is 0 Å². The predicted molar refractivity (Wildman–Crippen MR) is 225 cm³/mol. The number of aliphatic carboxylic acids is 1. The van der Waals surface area contributed by atoms with E-state index in [0.29, 0.717) is 19.3 Å². The lowest BCUT2D eigenvalue weighted by molar-refractivity contribution is -0.887. The number of hydrogen-bond donors (Lipinski definition) is 1. The fourth-order valence-electron chi connectivity index (χ4n) is 7.15. The van der Waals surface area contributed by atoms with E-state index >= 15 is 0 Å². The van der Waals surface area contributed by atoms with Gasteiger partial charge in [-0.05, 0) is 12.8 Å². The van der Waals surface area contributed by atoms with Crippen LogP contribution in [0.4, 0.5) is 0 Å². The molecule has 0 aliphatic rings. The van der Waals surface area contributed by atoms with E-state index in [4.69, 9.17) is 14.2 Å². The molecule has 0 fully saturated rings. The van der Waals surface area contributed by atoms with E-state index in [1.165, 1.54) is 154 Å². The van der Waals surface area contributed by atoms with E-state index < -0.39 is 18.1 Å². The van der Waals surface area contributed by atoms with Gasteiger partial charge in [0, 0.05) is 19.3 Å². The van der Waals surface area contributed by atoms with Crippen LogP contribution in [0.3, 0.4) is 0 Å². The van der Waals surface area contributed by atoms with Gasteiger partial charge >= 0.3 is 17.9 Å². The maximum Gasteiger partial charge on any atom is 0.362 e. The zero-order chi connectivity index (χ0) is 40.0. The van der Waals surface area contributed by atoms with Crippen molar-refractivity contribution in [1.29, 1.82) is 0 Å². The first-order chi connectivity index (χ1) is 26.1. The molecule has 0 heterocycles. The molecule has 0 saturated heterocycles. The van der Waals surface area contributed by atoms with Crippen LogP contribution in [0.2, 0.25) is 0 Å². The van der Waals surface area contributed by atoms with Crippen molar-refractivity contribution in [3.63, 3.8) is 0 Å². The van der Waals surface area contributed by atoms with Crippen molar-refractivity contribution in [3.8, 4) is 0 Å². The van der Waals surface area contributed by atoms with Crippen LogP contribution in [-0.4, -0.2) is 80.6 Å². The molecule has 0 saturated carbocycles. The van der Waals surface area contributed by atoms with Crippen molar-refractivity contribution in [2.45, 2.75) is 238 Å². The second-order valence-electron chi connectivity index (χ2n) is 17.0. The second kappa shape index (κ2) is 38.2. The second-order valence-corrected chi connectivity index (χ2v) is 17.0. The summed E-state index contributed by atoms with van der Waals surface area (Å²) in [6.45, 7) is 4.75. The van der Waals surface area contributed by atoms with Crippen molar-refractivity contribution in [1.82, 2.24) is 0 Å². The molecule has 0 radical (unpaired) electrons. The molecule has 0 aromatic carbocycles. The number of hydrogen-bond acceptors (Lipinski definition) is 6. The lowest BCUT2D eigenvalue weighted by Crippen LogP contribution is -2.50. The lowest BCUT2D eigenvalue weighted by Gasteiger charge is -2.31. The number of nitrogens with zero attached hydrogens (tertiary/aromatic N) is 1. The van der Waals surface area contributed by atoms with E-state index in [1.807, 2.05) is 21.1 Å². The Kier molecular flexibility index (Phi) is 37.0. The summed E-state index contributed by atoms with van der Waals surface area (Å²) in [5, 5.41) is 9.60. The van der Waals surface area contributed by atoms with Gasteiger partial charge in [0.25, 0.3) is 0 Å². The average molecular weight is 769 g/mol. The largest absolute Gasteiger partial charge is 0.477 e. The van der Waals surface area contributed by atoms with Crippen LogP contribution in [0.25, 0.3) is 0 Å². The summed E-state index contributed by atoms with van der Waals surface area (Å²) < 4.78 is 17.3. The third-order valence-electron chi connectivity index (χ3n) is 10.8. The number of esters is 2. The average Bonchev–Trinajstić information content (AvgIpc) is 3.12. The molecule has 1 N–H and O–H groups in total. The number of carboxylic acids is 1. The maximum absolute atomic E-state index is 12.6. The van der Waals surface area contributed by atoms with Crippen LogP contribution in [-0.2, 0) is 28.6 Å². The number of carboxylic acid groups (broad SMARTS) is 1. The normalized spacial score (nSPS) is 12.8. The van der Waals surface area contributed by atoms with E-state index in [1.54, 1.807) is 0 Å². The third kappa shape index (κ3) is 36.0. The Bertz CT molecular complexity index is 858. The molecule has 2 unspecified atom stereocenters. The molecule has 0 aromatic heterocycles. The number of unbranched alkanes of at least 4 members (excludes halogenated alkanes) is 28. The highest BCUT2D eigenvalue weighted by molar-refractivity contribution is 5.72. The lowest BCUT2D eigenvalue weighted by atomic mass is 10.0. The molecule has 2 atom stereocenters. The smallest absolute Gasteiger partial charge is 0.362 e. The van der Waals surface area contributed by atoms with Crippen molar-refractivity contribution in [3.05, 3.63) is 0 Å². The number of ether oxygens (including phenoxy) is 3. The molecule has 8 heteroatoms. The molecule has 0 amide bonds. The molecule has 0 rings (SSSR count). The van der Waals surface area contributed by atoms with Crippen LogP contribution in [0.5, 0.6) is 0 Å². The molecule has 320 valence electrons. The Morgan fingerprint density at radius 1 is 0.481 bits per heavy atom. The molecule has 0 aromatic rings. The molecule has 0 aliphatic heterocycles. The van der Waals surface area contributed by atoms with Gasteiger partial charge in [-0.3, -0.25) is 9.59 Å². The van der Waals surface area contributed by atoms with Crippen LogP contribution < -0.4 is 0 Å². The summed E-state index contributed by atoms with van der Waals surface area (Å²) >= 11 is 0. The molecular formula is C46H90NO7+. The predicted octanol–water partition coefficient (Wildman–Crippen LogP) is 12.5. The highest BCUT2D eigenvalue weighted by Gasteiger charge is 2.31. The first-order valence-electron chi connectivity index (χ1n) is 23.1. The van der Waals surface area contributed by atoms with Gasteiger partial charge in [0.1, 0.15) is 6.61 Å². The molecule has 0 bridgehead atoms. The van der Waals surface area contributed by atoms with Crippen molar-refractivity contribution in [2.75, 3.05) is 41.0 Å². The summed E-state index contributed by atoms with van der Waals surface area (Å²) in [7, 11) is 5.53. The van der Waals surface area contributed by atoms with Crippen LogP contribution >= 0.6 is 0 Å². The summed E-state index contributed by atoms with van der Waals surface area (Å²) in [5.74, 6) is -1.45. The van der Waals surface area contributed by atoms with Crippen LogP contribution in [0, 0.1) is 0 Å². The first kappa shape index (κ1) is 52.3. The fourth-order valence-corrected chi connectivity index (χ4v) is 7.15. The van der Waals surface area contributed by atoms with Gasteiger partial charge in [0.05, 0.1) is 34.4 Å². The minimum Gasteiger partial charge on any atom is -0.477 e. The van der Waals surface area contributed by atoms with Gasteiger partial charge in [-0.25, -0.2) is 4.79 Å². The minimum atomic E-state index is -0.871.